The van der Waals surface area contributed by atoms with Crippen molar-refractivity contribution >= 4 is 17.3 Å². The molecule has 2 aromatic heterocycles. The number of halogens is 2. The van der Waals surface area contributed by atoms with Crippen molar-refractivity contribution in [2.45, 2.75) is 66.2 Å². The van der Waals surface area contributed by atoms with Crippen LogP contribution in [0.25, 0.3) is 11.3 Å². The van der Waals surface area contributed by atoms with Gasteiger partial charge in [0.1, 0.15) is 22.2 Å². The van der Waals surface area contributed by atoms with Gasteiger partial charge >= 0.3 is 0 Å². The number of aliphatic imine (C=N–C) groups is 1. The lowest BCUT2D eigenvalue weighted by atomic mass is 9.90. The first-order valence-electron chi connectivity index (χ1n) is 13.5. The van der Waals surface area contributed by atoms with E-state index in [-0.39, 0.29) is 17.5 Å². The Kier molecular flexibility index (Phi) is 11.3. The first-order chi connectivity index (χ1) is 18.8. The van der Waals surface area contributed by atoms with Crippen molar-refractivity contribution in [1.82, 2.24) is 9.97 Å². The van der Waals surface area contributed by atoms with Crippen molar-refractivity contribution in [1.29, 1.82) is 0 Å². The summed E-state index contributed by atoms with van der Waals surface area (Å²) in [5.41, 5.74) is 5.43. The standard InChI is InChI=1S/C31H39ClFN3O3/c1-7-21(18-27(38-6)20(5)35-25(8-2)22-10-11-22)17-23(13-15-37)26-16-19(4)30(39-9-3)29(36-26)24-12-14-34-31(33)28(24)32/h7-8,12,14,16,18,22-23,37H,9-11,13,15,17H2,1-6H3/b21-7-,25-8-,27-18+,35-20-. The second-order valence-electron chi connectivity index (χ2n) is 9.61. The first kappa shape index (κ1) is 30.5. The Hall–Kier alpha value is -3.03. The van der Waals surface area contributed by atoms with Gasteiger partial charge in [0.25, 0.3) is 0 Å². The molecule has 1 aliphatic carbocycles. The summed E-state index contributed by atoms with van der Waals surface area (Å²) in [7, 11) is 1.65. The quantitative estimate of drug-likeness (QED) is 0.118. The van der Waals surface area contributed by atoms with Crippen LogP contribution in [-0.2, 0) is 4.74 Å². The van der Waals surface area contributed by atoms with Crippen molar-refractivity contribution in [3.8, 4) is 17.0 Å². The highest BCUT2D eigenvalue weighted by Crippen LogP contribution is 2.39. The fraction of sp³-hybridized carbons (Fsp3) is 0.452. The zero-order valence-electron chi connectivity index (χ0n) is 23.7. The van der Waals surface area contributed by atoms with Gasteiger partial charge in [0.15, 0.2) is 0 Å². The van der Waals surface area contributed by atoms with Gasteiger partial charge in [-0.25, -0.2) is 9.97 Å². The van der Waals surface area contributed by atoms with E-state index in [1.807, 2.05) is 52.8 Å². The number of aromatic nitrogens is 2. The van der Waals surface area contributed by atoms with E-state index in [0.717, 1.165) is 28.2 Å². The van der Waals surface area contributed by atoms with Crippen LogP contribution in [0, 0.1) is 18.8 Å². The lowest BCUT2D eigenvalue weighted by Crippen LogP contribution is -2.09. The normalized spacial score (nSPS) is 15.9. The average molecular weight is 556 g/mol. The van der Waals surface area contributed by atoms with E-state index in [0.29, 0.717) is 48.1 Å². The fourth-order valence-electron chi connectivity index (χ4n) is 4.56. The summed E-state index contributed by atoms with van der Waals surface area (Å²) in [6, 6.07) is 3.60. The predicted octanol–water partition coefficient (Wildman–Crippen LogP) is 7.75. The van der Waals surface area contributed by atoms with E-state index in [9.17, 15) is 9.50 Å². The number of rotatable bonds is 13. The topological polar surface area (TPSA) is 76.8 Å². The lowest BCUT2D eigenvalue weighted by molar-refractivity contribution is 0.274. The molecule has 0 aliphatic heterocycles. The van der Waals surface area contributed by atoms with Gasteiger partial charge in [-0.15, -0.1) is 0 Å². The Morgan fingerprint density at radius 1 is 1.31 bits per heavy atom. The predicted molar refractivity (Wildman–Crippen MR) is 156 cm³/mol. The van der Waals surface area contributed by atoms with Crippen molar-refractivity contribution in [2.75, 3.05) is 20.3 Å². The Balaban J connectivity index is 2.01. The summed E-state index contributed by atoms with van der Waals surface area (Å²) < 4.78 is 25.9. The summed E-state index contributed by atoms with van der Waals surface area (Å²) in [5.74, 6) is 0.905. The molecule has 1 atom stereocenters. The van der Waals surface area contributed by atoms with Gasteiger partial charge in [-0.05, 0) is 89.6 Å². The monoisotopic (exact) mass is 555 g/mol. The highest BCUT2D eigenvalue weighted by atomic mass is 35.5. The third kappa shape index (κ3) is 7.76. The molecule has 1 saturated carbocycles. The molecular formula is C31H39ClFN3O3. The number of ether oxygens (including phenoxy) is 2. The Morgan fingerprint density at radius 2 is 2.05 bits per heavy atom. The number of aryl methyl sites for hydroxylation is 1. The molecule has 0 bridgehead atoms. The summed E-state index contributed by atoms with van der Waals surface area (Å²) in [6.45, 7) is 10.2. The van der Waals surface area contributed by atoms with Crippen molar-refractivity contribution < 1.29 is 19.0 Å². The minimum atomic E-state index is -0.762. The second kappa shape index (κ2) is 14.4. The maximum atomic E-state index is 14.3. The van der Waals surface area contributed by atoms with Crippen LogP contribution in [0.3, 0.4) is 0 Å². The van der Waals surface area contributed by atoms with Crippen molar-refractivity contribution in [2.24, 2.45) is 10.9 Å². The number of hydrogen-bond donors (Lipinski definition) is 1. The van der Waals surface area contributed by atoms with E-state index < -0.39 is 5.95 Å². The van der Waals surface area contributed by atoms with Crippen molar-refractivity contribution in [3.05, 3.63) is 75.8 Å². The zero-order chi connectivity index (χ0) is 28.5. The highest BCUT2D eigenvalue weighted by Gasteiger charge is 2.26. The number of aliphatic hydroxyl groups excluding tert-OH is 1. The second-order valence-corrected chi connectivity index (χ2v) is 9.99. The van der Waals surface area contributed by atoms with E-state index in [1.165, 1.54) is 19.0 Å². The molecule has 0 spiro atoms. The number of allylic oxidation sites excluding steroid dienone is 6. The molecule has 1 aliphatic rings. The molecule has 1 unspecified atom stereocenters. The molecule has 210 valence electrons. The molecule has 1 N–H and O–H groups in total. The van der Waals surface area contributed by atoms with Crippen LogP contribution >= 0.6 is 11.6 Å². The lowest BCUT2D eigenvalue weighted by Gasteiger charge is -2.21. The maximum Gasteiger partial charge on any atom is 0.232 e. The number of pyridine rings is 2. The third-order valence-corrected chi connectivity index (χ3v) is 7.16. The molecule has 0 aromatic carbocycles. The van der Waals surface area contributed by atoms with E-state index in [1.54, 1.807) is 13.2 Å². The van der Waals surface area contributed by atoms with Gasteiger partial charge < -0.3 is 14.6 Å². The number of aliphatic hydroxyl groups is 1. The summed E-state index contributed by atoms with van der Waals surface area (Å²) in [5, 5.41) is 9.84. The molecule has 0 amide bonds. The van der Waals surface area contributed by atoms with Gasteiger partial charge in [0.05, 0.1) is 19.4 Å². The number of hydrogen-bond acceptors (Lipinski definition) is 6. The molecular weight excluding hydrogens is 517 g/mol. The molecule has 8 heteroatoms. The summed E-state index contributed by atoms with van der Waals surface area (Å²) in [4.78, 5) is 13.4. The average Bonchev–Trinajstić information content (AvgIpc) is 3.77. The smallest absolute Gasteiger partial charge is 0.232 e. The first-order valence-corrected chi connectivity index (χ1v) is 13.8. The Morgan fingerprint density at radius 3 is 2.64 bits per heavy atom. The van der Waals surface area contributed by atoms with E-state index in [2.05, 4.69) is 11.1 Å². The van der Waals surface area contributed by atoms with E-state index in [4.69, 9.17) is 31.1 Å². The molecule has 39 heavy (non-hydrogen) atoms. The fourth-order valence-corrected chi connectivity index (χ4v) is 4.76. The summed E-state index contributed by atoms with van der Waals surface area (Å²) in [6.07, 6.45) is 10.9. The van der Waals surface area contributed by atoms with Crippen LogP contribution in [0.1, 0.15) is 70.6 Å². The van der Waals surface area contributed by atoms with Crippen LogP contribution in [0.2, 0.25) is 5.02 Å². The van der Waals surface area contributed by atoms with E-state index >= 15 is 0 Å². The van der Waals surface area contributed by atoms with Crippen LogP contribution in [-0.4, -0.2) is 41.1 Å². The van der Waals surface area contributed by atoms with Crippen LogP contribution in [0.5, 0.6) is 5.75 Å². The molecule has 0 radical (unpaired) electrons. The largest absolute Gasteiger partial charge is 0.495 e. The zero-order valence-corrected chi connectivity index (χ0v) is 24.5. The van der Waals surface area contributed by atoms with Crippen molar-refractivity contribution in [3.63, 3.8) is 0 Å². The van der Waals surface area contributed by atoms with Gasteiger partial charge in [-0.2, -0.15) is 4.39 Å². The molecule has 6 nitrogen and oxygen atoms in total. The van der Waals surface area contributed by atoms with Crippen LogP contribution in [0.4, 0.5) is 4.39 Å². The molecule has 2 aromatic rings. The maximum absolute atomic E-state index is 14.3. The Labute approximate surface area is 236 Å². The van der Waals surface area contributed by atoms with Crippen LogP contribution < -0.4 is 4.74 Å². The molecule has 1 fully saturated rings. The minimum absolute atomic E-state index is 0.0110. The van der Waals surface area contributed by atoms with Gasteiger partial charge in [0, 0.05) is 41.6 Å². The third-order valence-electron chi connectivity index (χ3n) is 6.80. The number of methoxy groups -OCH3 is 1. The molecule has 3 rings (SSSR count). The molecule has 2 heterocycles. The van der Waals surface area contributed by atoms with Gasteiger partial charge in [0.2, 0.25) is 5.95 Å². The van der Waals surface area contributed by atoms with Gasteiger partial charge in [-0.3, -0.25) is 4.99 Å². The number of nitrogens with zero attached hydrogens (tertiary/aromatic N) is 3. The van der Waals surface area contributed by atoms with Crippen LogP contribution in [0.15, 0.2) is 58.6 Å². The van der Waals surface area contributed by atoms with Gasteiger partial charge in [-0.1, -0.05) is 23.8 Å². The highest BCUT2D eigenvalue weighted by molar-refractivity contribution is 6.33. The minimum Gasteiger partial charge on any atom is -0.495 e. The Bertz CT molecular complexity index is 1280. The summed E-state index contributed by atoms with van der Waals surface area (Å²) >= 11 is 6.31. The molecule has 0 saturated heterocycles. The SMILES string of the molecule is C\C=C(/C=C(OC)\C(C)=N/C(=C\C)C1CC1)CC(CCO)c1cc(C)c(OCC)c(-c2ccnc(F)c2Cl)n1.